The Morgan fingerprint density at radius 2 is 2.00 bits per heavy atom. The van der Waals surface area contributed by atoms with Crippen LogP contribution in [0, 0.1) is 5.82 Å². The van der Waals surface area contributed by atoms with Gasteiger partial charge in [-0.05, 0) is 26.0 Å². The van der Waals surface area contributed by atoms with E-state index in [2.05, 4.69) is 10.3 Å². The summed E-state index contributed by atoms with van der Waals surface area (Å²) in [6, 6.07) is 10.6. The smallest absolute Gasteiger partial charge is 0.165 e. The Morgan fingerprint density at radius 3 is 2.74 bits per heavy atom. The van der Waals surface area contributed by atoms with Gasteiger partial charge in [0.2, 0.25) is 0 Å². The molecule has 0 saturated heterocycles. The lowest BCUT2D eigenvalue weighted by Crippen LogP contribution is -2.11. The van der Waals surface area contributed by atoms with Crippen LogP contribution in [0.5, 0.6) is 5.75 Å². The second-order valence-electron chi connectivity index (χ2n) is 5.63. The molecule has 0 unspecified atom stereocenters. The molecule has 2 aromatic carbocycles. The third-order valence-corrected chi connectivity index (χ3v) is 3.85. The quantitative estimate of drug-likeness (QED) is 0.896. The standard InChI is InChI=1S/C18H18ClFN2O/c1-11(2)23-17-10-16-13(9-15(17)20)18(22-8-7-21-16)12-5-3-4-6-14(12)19/h3-6,9-11,21H,7-8H2,1-2H3. The first-order valence-corrected chi connectivity index (χ1v) is 7.98. The van der Waals surface area contributed by atoms with Crippen molar-refractivity contribution >= 4 is 23.0 Å². The number of nitrogens with zero attached hydrogens (tertiary/aromatic N) is 1. The van der Waals surface area contributed by atoms with E-state index >= 15 is 0 Å². The number of ether oxygens (including phenoxy) is 1. The lowest BCUT2D eigenvalue weighted by atomic mass is 10.00. The predicted octanol–water partition coefficient (Wildman–Crippen LogP) is 4.53. The molecular formula is C18H18ClFN2O. The largest absolute Gasteiger partial charge is 0.488 e. The number of hydrogen-bond donors (Lipinski definition) is 1. The van der Waals surface area contributed by atoms with Gasteiger partial charge in [-0.3, -0.25) is 4.99 Å². The Hall–Kier alpha value is -2.07. The number of nitrogens with one attached hydrogen (secondary N) is 1. The number of hydrogen-bond acceptors (Lipinski definition) is 3. The molecule has 0 saturated carbocycles. The van der Waals surface area contributed by atoms with Crippen LogP contribution in [0.25, 0.3) is 0 Å². The van der Waals surface area contributed by atoms with E-state index in [0.29, 0.717) is 29.4 Å². The van der Waals surface area contributed by atoms with Gasteiger partial charge in [-0.15, -0.1) is 0 Å². The van der Waals surface area contributed by atoms with Crippen LogP contribution >= 0.6 is 11.6 Å². The monoisotopic (exact) mass is 332 g/mol. The molecule has 0 aliphatic carbocycles. The molecule has 1 N–H and O–H groups in total. The SMILES string of the molecule is CC(C)Oc1cc2c(cc1F)C(c1ccccc1Cl)=NCCN2. The van der Waals surface area contributed by atoms with Crippen molar-refractivity contribution in [3.63, 3.8) is 0 Å². The van der Waals surface area contributed by atoms with E-state index in [1.807, 2.05) is 38.1 Å². The molecule has 0 radical (unpaired) electrons. The third kappa shape index (κ3) is 3.32. The van der Waals surface area contributed by atoms with Crippen molar-refractivity contribution in [1.29, 1.82) is 0 Å². The first-order chi connectivity index (χ1) is 11.1. The second-order valence-corrected chi connectivity index (χ2v) is 6.04. The molecular weight excluding hydrogens is 315 g/mol. The molecule has 1 heterocycles. The van der Waals surface area contributed by atoms with Crippen molar-refractivity contribution in [3.8, 4) is 5.75 Å². The molecule has 0 spiro atoms. The summed E-state index contributed by atoms with van der Waals surface area (Å²) < 4.78 is 20.0. The highest BCUT2D eigenvalue weighted by Crippen LogP contribution is 2.31. The zero-order valence-electron chi connectivity index (χ0n) is 13.1. The molecule has 3 nitrogen and oxygen atoms in total. The third-order valence-electron chi connectivity index (χ3n) is 3.52. The Kier molecular flexibility index (Phi) is 4.53. The fourth-order valence-corrected chi connectivity index (χ4v) is 2.79. The highest BCUT2D eigenvalue weighted by molar-refractivity contribution is 6.35. The van der Waals surface area contributed by atoms with Gasteiger partial charge >= 0.3 is 0 Å². The first kappa shape index (κ1) is 15.8. The van der Waals surface area contributed by atoms with Gasteiger partial charge in [0, 0.05) is 34.4 Å². The average Bonchev–Trinajstić information content (AvgIpc) is 2.70. The van der Waals surface area contributed by atoms with E-state index in [9.17, 15) is 4.39 Å². The normalized spacial score (nSPS) is 13.9. The Bertz CT molecular complexity index is 759. The molecule has 1 aliphatic heterocycles. The summed E-state index contributed by atoms with van der Waals surface area (Å²) in [5.74, 6) is -0.160. The zero-order valence-corrected chi connectivity index (χ0v) is 13.8. The molecule has 0 amide bonds. The molecule has 5 heteroatoms. The highest BCUT2D eigenvalue weighted by atomic mass is 35.5. The molecule has 0 atom stereocenters. The van der Waals surface area contributed by atoms with E-state index in [0.717, 1.165) is 11.3 Å². The van der Waals surface area contributed by atoms with Crippen molar-refractivity contribution in [2.45, 2.75) is 20.0 Å². The Balaban J connectivity index is 2.11. The van der Waals surface area contributed by atoms with Gasteiger partial charge in [0.25, 0.3) is 0 Å². The van der Waals surface area contributed by atoms with Gasteiger partial charge in [0.05, 0.1) is 18.4 Å². The fourth-order valence-electron chi connectivity index (χ4n) is 2.57. The number of halogens is 2. The Morgan fingerprint density at radius 1 is 1.22 bits per heavy atom. The predicted molar refractivity (Wildman–Crippen MR) is 92.6 cm³/mol. The Labute approximate surface area is 140 Å². The summed E-state index contributed by atoms with van der Waals surface area (Å²) in [6.45, 7) is 5.01. The van der Waals surface area contributed by atoms with E-state index in [-0.39, 0.29) is 11.9 Å². The van der Waals surface area contributed by atoms with E-state index in [1.165, 1.54) is 6.07 Å². The lowest BCUT2D eigenvalue weighted by molar-refractivity contribution is 0.231. The van der Waals surface area contributed by atoms with E-state index < -0.39 is 5.82 Å². The van der Waals surface area contributed by atoms with Gasteiger partial charge < -0.3 is 10.1 Å². The summed E-state index contributed by atoms with van der Waals surface area (Å²) in [5, 5.41) is 3.88. The molecule has 0 fully saturated rings. The van der Waals surface area contributed by atoms with Crippen molar-refractivity contribution in [3.05, 3.63) is 58.4 Å². The minimum absolute atomic E-state index is 0.0926. The van der Waals surface area contributed by atoms with E-state index in [1.54, 1.807) is 6.07 Å². The van der Waals surface area contributed by atoms with Gasteiger partial charge in [-0.25, -0.2) is 4.39 Å². The molecule has 3 rings (SSSR count). The second kappa shape index (κ2) is 6.59. The molecule has 0 aromatic heterocycles. The maximum Gasteiger partial charge on any atom is 0.165 e. The first-order valence-electron chi connectivity index (χ1n) is 7.60. The minimum Gasteiger partial charge on any atom is -0.488 e. The maximum absolute atomic E-state index is 14.4. The molecule has 2 aromatic rings. The average molecular weight is 333 g/mol. The van der Waals surface area contributed by atoms with Crippen LogP contribution in [0.1, 0.15) is 25.0 Å². The van der Waals surface area contributed by atoms with Crippen LogP contribution in [0.15, 0.2) is 41.4 Å². The number of benzene rings is 2. The fraction of sp³-hybridized carbons (Fsp3) is 0.278. The van der Waals surface area contributed by atoms with E-state index in [4.69, 9.17) is 16.3 Å². The number of fused-ring (bicyclic) bond motifs is 1. The van der Waals surface area contributed by atoms with Crippen LogP contribution in [0.3, 0.4) is 0 Å². The van der Waals surface area contributed by atoms with Crippen LogP contribution in [0.2, 0.25) is 5.02 Å². The van der Waals surface area contributed by atoms with Crippen LogP contribution in [0.4, 0.5) is 10.1 Å². The maximum atomic E-state index is 14.4. The number of aliphatic imine (C=N–C) groups is 1. The summed E-state index contributed by atoms with van der Waals surface area (Å²) in [7, 11) is 0. The summed E-state index contributed by atoms with van der Waals surface area (Å²) >= 11 is 6.30. The summed E-state index contributed by atoms with van der Waals surface area (Å²) in [5.41, 5.74) is 3.00. The number of anilines is 1. The zero-order chi connectivity index (χ0) is 16.4. The lowest BCUT2D eigenvalue weighted by Gasteiger charge is -2.16. The molecule has 0 bridgehead atoms. The van der Waals surface area contributed by atoms with Gasteiger partial charge in [-0.1, -0.05) is 29.8 Å². The number of rotatable bonds is 3. The van der Waals surface area contributed by atoms with Gasteiger partial charge in [0.1, 0.15) is 0 Å². The van der Waals surface area contributed by atoms with Gasteiger partial charge in [-0.2, -0.15) is 0 Å². The van der Waals surface area contributed by atoms with Gasteiger partial charge in [0.15, 0.2) is 11.6 Å². The van der Waals surface area contributed by atoms with Crippen molar-refractivity contribution in [2.24, 2.45) is 4.99 Å². The van der Waals surface area contributed by atoms with Crippen LogP contribution < -0.4 is 10.1 Å². The number of benzodiazepines with no additional fused rings is 1. The topological polar surface area (TPSA) is 33.6 Å². The van der Waals surface area contributed by atoms with Crippen LogP contribution in [-0.4, -0.2) is 24.9 Å². The van der Waals surface area contributed by atoms with Crippen molar-refractivity contribution in [2.75, 3.05) is 18.4 Å². The molecule has 120 valence electrons. The van der Waals surface area contributed by atoms with Crippen molar-refractivity contribution < 1.29 is 9.13 Å². The summed E-state index contributed by atoms with van der Waals surface area (Å²) in [6.07, 6.45) is -0.0926. The summed E-state index contributed by atoms with van der Waals surface area (Å²) in [4.78, 5) is 4.59. The molecule has 23 heavy (non-hydrogen) atoms. The highest BCUT2D eigenvalue weighted by Gasteiger charge is 2.20. The van der Waals surface area contributed by atoms with Crippen LogP contribution in [-0.2, 0) is 0 Å². The minimum atomic E-state index is -0.402. The molecule has 1 aliphatic rings. The van der Waals surface area contributed by atoms with Crippen molar-refractivity contribution in [1.82, 2.24) is 0 Å².